The zero-order valence-corrected chi connectivity index (χ0v) is 10.3. The summed E-state index contributed by atoms with van der Waals surface area (Å²) in [4.78, 5) is 11.8. The highest BCUT2D eigenvalue weighted by atomic mass is 19.1. The number of carbonyl (C=O) groups is 1. The number of hydrogen-bond donors (Lipinski definition) is 0. The standard InChI is InChI=1S/C14H16F2O2/c1-2-18-11-5-9(6-11)7-14(17)12-4-3-10(15)8-13(12)16/h3-4,8-9,11H,2,5-7H2,1H3. The Labute approximate surface area is 105 Å². The zero-order valence-electron chi connectivity index (χ0n) is 10.3. The van der Waals surface area contributed by atoms with Gasteiger partial charge in [-0.3, -0.25) is 4.79 Å². The van der Waals surface area contributed by atoms with E-state index in [2.05, 4.69) is 0 Å². The highest BCUT2D eigenvalue weighted by Gasteiger charge is 2.31. The first-order valence-electron chi connectivity index (χ1n) is 6.20. The molecule has 1 aromatic rings. The van der Waals surface area contributed by atoms with Crippen molar-refractivity contribution in [3.63, 3.8) is 0 Å². The van der Waals surface area contributed by atoms with Crippen LogP contribution in [0.25, 0.3) is 0 Å². The van der Waals surface area contributed by atoms with Gasteiger partial charge < -0.3 is 4.74 Å². The van der Waals surface area contributed by atoms with Crippen LogP contribution in [0, 0.1) is 17.6 Å². The van der Waals surface area contributed by atoms with Gasteiger partial charge >= 0.3 is 0 Å². The topological polar surface area (TPSA) is 26.3 Å². The molecule has 18 heavy (non-hydrogen) atoms. The fraction of sp³-hybridized carbons (Fsp3) is 0.500. The van der Waals surface area contributed by atoms with Crippen molar-refractivity contribution in [2.75, 3.05) is 6.61 Å². The molecule has 0 N–H and O–H groups in total. The molecule has 0 radical (unpaired) electrons. The van der Waals surface area contributed by atoms with Gasteiger partial charge in [0.15, 0.2) is 5.78 Å². The Kier molecular flexibility index (Phi) is 4.07. The average Bonchev–Trinajstić information content (AvgIpc) is 2.26. The van der Waals surface area contributed by atoms with E-state index in [4.69, 9.17) is 4.74 Å². The van der Waals surface area contributed by atoms with Gasteiger partial charge in [0.05, 0.1) is 11.7 Å². The molecule has 1 fully saturated rings. The summed E-state index contributed by atoms with van der Waals surface area (Å²) in [5, 5.41) is 0. The second-order valence-electron chi connectivity index (χ2n) is 4.67. The third kappa shape index (κ3) is 2.93. The molecule has 1 aromatic carbocycles. The van der Waals surface area contributed by atoms with Crippen molar-refractivity contribution in [2.45, 2.75) is 32.3 Å². The summed E-state index contributed by atoms with van der Waals surface area (Å²) in [5.74, 6) is -1.43. The van der Waals surface area contributed by atoms with E-state index in [0.717, 1.165) is 25.0 Å². The van der Waals surface area contributed by atoms with Gasteiger partial charge in [0.2, 0.25) is 0 Å². The van der Waals surface area contributed by atoms with Crippen LogP contribution in [-0.4, -0.2) is 18.5 Å². The Morgan fingerprint density at radius 2 is 2.11 bits per heavy atom. The summed E-state index contributed by atoms with van der Waals surface area (Å²) in [6.45, 7) is 2.62. The van der Waals surface area contributed by atoms with E-state index in [1.165, 1.54) is 6.07 Å². The number of rotatable bonds is 5. The minimum absolute atomic E-state index is 0.0174. The first-order chi connectivity index (χ1) is 8.60. The lowest BCUT2D eigenvalue weighted by Crippen LogP contribution is -2.32. The Balaban J connectivity index is 1.89. The third-order valence-electron chi connectivity index (χ3n) is 3.30. The monoisotopic (exact) mass is 254 g/mol. The lowest BCUT2D eigenvalue weighted by molar-refractivity contribution is -0.0246. The average molecular weight is 254 g/mol. The van der Waals surface area contributed by atoms with Crippen LogP contribution in [0.3, 0.4) is 0 Å². The van der Waals surface area contributed by atoms with E-state index in [1.54, 1.807) is 0 Å². The summed E-state index contributed by atoms with van der Waals surface area (Å²) < 4.78 is 31.5. The second-order valence-corrected chi connectivity index (χ2v) is 4.67. The Hall–Kier alpha value is -1.29. The van der Waals surface area contributed by atoms with E-state index in [9.17, 15) is 13.6 Å². The molecule has 0 atom stereocenters. The number of halogens is 2. The molecule has 98 valence electrons. The first-order valence-corrected chi connectivity index (χ1v) is 6.20. The number of Topliss-reactive ketones (excluding diaryl/α,β-unsaturated/α-hetero) is 1. The van der Waals surface area contributed by atoms with Gasteiger partial charge in [-0.05, 0) is 37.8 Å². The molecular formula is C14H16F2O2. The van der Waals surface area contributed by atoms with E-state index in [1.807, 2.05) is 6.92 Å². The highest BCUT2D eigenvalue weighted by Crippen LogP contribution is 2.33. The Morgan fingerprint density at radius 3 is 2.72 bits per heavy atom. The van der Waals surface area contributed by atoms with Gasteiger partial charge in [0, 0.05) is 19.1 Å². The van der Waals surface area contributed by atoms with Gasteiger partial charge in [-0.1, -0.05) is 0 Å². The van der Waals surface area contributed by atoms with Crippen molar-refractivity contribution >= 4 is 5.78 Å². The predicted octanol–water partition coefficient (Wildman–Crippen LogP) is 3.35. The maximum Gasteiger partial charge on any atom is 0.166 e. The van der Waals surface area contributed by atoms with Crippen LogP contribution in [0.15, 0.2) is 18.2 Å². The van der Waals surface area contributed by atoms with Crippen molar-refractivity contribution in [2.24, 2.45) is 5.92 Å². The van der Waals surface area contributed by atoms with Crippen LogP contribution in [0.5, 0.6) is 0 Å². The van der Waals surface area contributed by atoms with Crippen LogP contribution >= 0.6 is 0 Å². The molecule has 1 aliphatic rings. The molecule has 0 unspecified atom stereocenters. The Bertz CT molecular complexity index is 439. The summed E-state index contributed by atoms with van der Waals surface area (Å²) in [6.07, 6.45) is 2.25. The van der Waals surface area contributed by atoms with Crippen molar-refractivity contribution in [3.8, 4) is 0 Å². The van der Waals surface area contributed by atoms with Gasteiger partial charge in [-0.2, -0.15) is 0 Å². The van der Waals surface area contributed by atoms with E-state index < -0.39 is 11.6 Å². The summed E-state index contributed by atoms with van der Waals surface area (Å²) in [6, 6.07) is 3.07. The Morgan fingerprint density at radius 1 is 1.39 bits per heavy atom. The van der Waals surface area contributed by atoms with Gasteiger partial charge in [-0.25, -0.2) is 8.78 Å². The van der Waals surface area contributed by atoms with Crippen molar-refractivity contribution in [3.05, 3.63) is 35.4 Å². The SMILES string of the molecule is CCOC1CC(CC(=O)c2ccc(F)cc2F)C1. The molecule has 1 aliphatic carbocycles. The fourth-order valence-corrected chi connectivity index (χ4v) is 2.30. The molecule has 1 saturated carbocycles. The van der Waals surface area contributed by atoms with Crippen LogP contribution in [0.1, 0.15) is 36.5 Å². The van der Waals surface area contributed by atoms with Gasteiger partial charge in [0.25, 0.3) is 0 Å². The summed E-state index contributed by atoms with van der Waals surface area (Å²) >= 11 is 0. The maximum absolute atomic E-state index is 13.4. The van der Waals surface area contributed by atoms with Crippen LogP contribution in [0.2, 0.25) is 0 Å². The van der Waals surface area contributed by atoms with Crippen molar-refractivity contribution in [1.82, 2.24) is 0 Å². The normalized spacial score (nSPS) is 22.6. The van der Waals surface area contributed by atoms with E-state index in [-0.39, 0.29) is 23.4 Å². The van der Waals surface area contributed by atoms with Crippen LogP contribution < -0.4 is 0 Å². The molecule has 0 heterocycles. The quantitative estimate of drug-likeness (QED) is 0.753. The maximum atomic E-state index is 13.4. The van der Waals surface area contributed by atoms with Crippen LogP contribution in [-0.2, 0) is 4.74 Å². The molecule has 2 rings (SSSR count). The number of ketones is 1. The molecule has 0 spiro atoms. The molecule has 2 nitrogen and oxygen atoms in total. The molecule has 0 aliphatic heterocycles. The number of ether oxygens (including phenoxy) is 1. The minimum Gasteiger partial charge on any atom is -0.378 e. The van der Waals surface area contributed by atoms with E-state index in [0.29, 0.717) is 13.0 Å². The largest absolute Gasteiger partial charge is 0.378 e. The molecule has 0 saturated heterocycles. The number of hydrogen-bond acceptors (Lipinski definition) is 2. The van der Waals surface area contributed by atoms with Crippen molar-refractivity contribution < 1.29 is 18.3 Å². The molecule has 4 heteroatoms. The van der Waals surface area contributed by atoms with Gasteiger partial charge in [0.1, 0.15) is 11.6 Å². The number of carbonyl (C=O) groups excluding carboxylic acids is 1. The molecule has 0 bridgehead atoms. The first kappa shape index (κ1) is 13.1. The predicted molar refractivity (Wildman–Crippen MR) is 63.4 cm³/mol. The fourth-order valence-electron chi connectivity index (χ4n) is 2.30. The lowest BCUT2D eigenvalue weighted by atomic mass is 9.78. The summed E-state index contributed by atoms with van der Waals surface area (Å²) in [5.41, 5.74) is -0.0174. The second kappa shape index (κ2) is 5.57. The molecule has 0 aromatic heterocycles. The zero-order chi connectivity index (χ0) is 13.1. The number of benzene rings is 1. The highest BCUT2D eigenvalue weighted by molar-refractivity contribution is 5.96. The summed E-state index contributed by atoms with van der Waals surface area (Å²) in [7, 11) is 0. The minimum atomic E-state index is -0.777. The third-order valence-corrected chi connectivity index (χ3v) is 3.30. The van der Waals surface area contributed by atoms with E-state index >= 15 is 0 Å². The lowest BCUT2D eigenvalue weighted by Gasteiger charge is -2.34. The van der Waals surface area contributed by atoms with Crippen molar-refractivity contribution in [1.29, 1.82) is 0 Å². The molecule has 0 amide bonds. The van der Waals surface area contributed by atoms with Gasteiger partial charge in [-0.15, -0.1) is 0 Å². The van der Waals surface area contributed by atoms with Crippen LogP contribution in [0.4, 0.5) is 8.78 Å². The smallest absolute Gasteiger partial charge is 0.166 e. The molecular weight excluding hydrogens is 238 g/mol.